The van der Waals surface area contributed by atoms with E-state index in [1.807, 2.05) is 45.0 Å². The van der Waals surface area contributed by atoms with Gasteiger partial charge in [-0.2, -0.15) is 0 Å². The van der Waals surface area contributed by atoms with E-state index in [0.29, 0.717) is 24.5 Å². The van der Waals surface area contributed by atoms with Gasteiger partial charge in [-0.15, -0.1) is 0 Å². The number of imidazole rings is 1. The summed E-state index contributed by atoms with van der Waals surface area (Å²) in [5.41, 5.74) is 0.503. The first kappa shape index (κ1) is 19.4. The molecule has 2 N–H and O–H groups in total. The number of H-pyrrole nitrogens is 1. The van der Waals surface area contributed by atoms with Crippen LogP contribution in [0.5, 0.6) is 0 Å². The number of aromatic carboxylic acids is 1. The van der Waals surface area contributed by atoms with E-state index in [0.717, 1.165) is 16.5 Å². The first-order valence-electron chi connectivity index (χ1n) is 8.74. The van der Waals surface area contributed by atoms with Crippen LogP contribution in [0.1, 0.15) is 56.0 Å². The number of hydrogen-bond acceptors (Lipinski definition) is 4. The third-order valence-corrected chi connectivity index (χ3v) is 4.78. The molecule has 8 heteroatoms. The van der Waals surface area contributed by atoms with E-state index >= 15 is 0 Å². The van der Waals surface area contributed by atoms with E-state index < -0.39 is 17.7 Å². The summed E-state index contributed by atoms with van der Waals surface area (Å²) >= 11 is 3.37. The summed E-state index contributed by atoms with van der Waals surface area (Å²) in [5, 5.41) is 9.57. The number of carbonyl (C=O) groups excluding carboxylic acids is 1. The zero-order valence-electron chi connectivity index (χ0n) is 15.5. The summed E-state index contributed by atoms with van der Waals surface area (Å²) in [6, 6.07) is 6.97. The average molecular weight is 436 g/mol. The van der Waals surface area contributed by atoms with Crippen molar-refractivity contribution < 1.29 is 19.4 Å². The molecule has 0 aliphatic carbocycles. The lowest BCUT2D eigenvalue weighted by Crippen LogP contribution is -2.36. The van der Waals surface area contributed by atoms with Crippen LogP contribution in [0.3, 0.4) is 0 Å². The summed E-state index contributed by atoms with van der Waals surface area (Å²) in [6.07, 6.45) is 1.09. The van der Waals surface area contributed by atoms with Crippen molar-refractivity contribution >= 4 is 28.0 Å². The van der Waals surface area contributed by atoms with Crippen LogP contribution in [0.4, 0.5) is 4.79 Å². The predicted molar refractivity (Wildman–Crippen MR) is 104 cm³/mol. The molecule has 27 heavy (non-hydrogen) atoms. The van der Waals surface area contributed by atoms with E-state index in [1.165, 1.54) is 0 Å². The Morgan fingerprint density at radius 2 is 1.96 bits per heavy atom. The molecule has 1 fully saturated rings. The summed E-state index contributed by atoms with van der Waals surface area (Å²) in [6.45, 7) is 6.00. The summed E-state index contributed by atoms with van der Waals surface area (Å²) < 4.78 is 6.38. The molecule has 1 aliphatic heterocycles. The number of benzene rings is 1. The first-order valence-corrected chi connectivity index (χ1v) is 9.54. The SMILES string of the molecule is CC(C)(C)OC(=O)N1CCCC1c1nc(C(=O)O)c(-c2ccc(Br)cc2)[nH]1. The van der Waals surface area contributed by atoms with Crippen LogP contribution in [-0.4, -0.2) is 44.2 Å². The highest BCUT2D eigenvalue weighted by Crippen LogP contribution is 2.34. The van der Waals surface area contributed by atoms with E-state index in [-0.39, 0.29) is 11.7 Å². The number of likely N-dealkylation sites (tertiary alicyclic amines) is 1. The van der Waals surface area contributed by atoms with Crippen molar-refractivity contribution in [3.63, 3.8) is 0 Å². The van der Waals surface area contributed by atoms with Gasteiger partial charge < -0.3 is 14.8 Å². The predicted octanol–water partition coefficient (Wildman–Crippen LogP) is 4.61. The molecule has 2 aromatic rings. The van der Waals surface area contributed by atoms with Crippen LogP contribution in [-0.2, 0) is 4.74 Å². The lowest BCUT2D eigenvalue weighted by Gasteiger charge is -2.27. The van der Waals surface area contributed by atoms with Gasteiger partial charge >= 0.3 is 12.1 Å². The average Bonchev–Trinajstić information content (AvgIpc) is 3.20. The second-order valence-electron chi connectivity index (χ2n) is 7.49. The number of amides is 1. The summed E-state index contributed by atoms with van der Waals surface area (Å²) in [4.78, 5) is 33.3. The maximum Gasteiger partial charge on any atom is 0.410 e. The van der Waals surface area contributed by atoms with Crippen molar-refractivity contribution in [1.29, 1.82) is 0 Å². The standard InChI is InChI=1S/C19H22BrN3O4/c1-19(2,3)27-18(26)23-10-4-5-13(23)16-21-14(15(22-16)17(24)25)11-6-8-12(20)9-7-11/h6-9,13H,4-5,10H2,1-3H3,(H,21,22)(H,24,25). The Hall–Kier alpha value is -2.35. The summed E-state index contributed by atoms with van der Waals surface area (Å²) in [7, 11) is 0. The zero-order chi connectivity index (χ0) is 19.8. The molecule has 1 unspecified atom stereocenters. The van der Waals surface area contributed by atoms with E-state index in [1.54, 1.807) is 4.90 Å². The van der Waals surface area contributed by atoms with Crippen molar-refractivity contribution in [2.24, 2.45) is 0 Å². The molecule has 1 aromatic heterocycles. The third-order valence-electron chi connectivity index (χ3n) is 4.25. The molecule has 0 radical (unpaired) electrons. The van der Waals surface area contributed by atoms with Gasteiger partial charge in [-0.25, -0.2) is 14.6 Å². The minimum Gasteiger partial charge on any atom is -0.476 e. The molecular formula is C19H22BrN3O4. The topological polar surface area (TPSA) is 95.5 Å². The quantitative estimate of drug-likeness (QED) is 0.733. The molecule has 3 rings (SSSR count). The van der Waals surface area contributed by atoms with Crippen molar-refractivity contribution in [2.75, 3.05) is 6.54 Å². The van der Waals surface area contributed by atoms with E-state index in [4.69, 9.17) is 4.74 Å². The van der Waals surface area contributed by atoms with E-state index in [9.17, 15) is 14.7 Å². The molecule has 2 heterocycles. The van der Waals surface area contributed by atoms with Crippen LogP contribution in [0, 0.1) is 0 Å². The van der Waals surface area contributed by atoms with Crippen LogP contribution in [0.2, 0.25) is 0 Å². The molecule has 0 saturated carbocycles. The van der Waals surface area contributed by atoms with Gasteiger partial charge in [0.25, 0.3) is 0 Å². The largest absolute Gasteiger partial charge is 0.476 e. The van der Waals surface area contributed by atoms with Crippen molar-refractivity contribution in [3.8, 4) is 11.3 Å². The van der Waals surface area contributed by atoms with Gasteiger partial charge in [0.15, 0.2) is 5.69 Å². The smallest absolute Gasteiger partial charge is 0.410 e. The van der Waals surface area contributed by atoms with E-state index in [2.05, 4.69) is 25.9 Å². The Labute approximate surface area is 165 Å². The highest BCUT2D eigenvalue weighted by Gasteiger charge is 2.36. The van der Waals surface area contributed by atoms with Crippen LogP contribution in [0.25, 0.3) is 11.3 Å². The summed E-state index contributed by atoms with van der Waals surface area (Å²) in [5.74, 6) is -0.647. The maximum absolute atomic E-state index is 12.5. The first-order chi connectivity index (χ1) is 12.7. The molecule has 7 nitrogen and oxygen atoms in total. The maximum atomic E-state index is 12.5. The normalized spacial score (nSPS) is 17.2. The van der Waals surface area contributed by atoms with Gasteiger partial charge in [-0.3, -0.25) is 4.90 Å². The number of nitrogens with one attached hydrogen (secondary N) is 1. The minimum atomic E-state index is -1.11. The third kappa shape index (κ3) is 4.32. The Kier molecular flexibility index (Phi) is 5.28. The van der Waals surface area contributed by atoms with Gasteiger partial charge in [-0.05, 0) is 45.7 Å². The lowest BCUT2D eigenvalue weighted by molar-refractivity contribution is 0.0218. The van der Waals surface area contributed by atoms with Crippen molar-refractivity contribution in [3.05, 3.63) is 40.3 Å². The molecule has 1 aromatic carbocycles. The number of nitrogens with zero attached hydrogens (tertiary/aromatic N) is 2. The Morgan fingerprint density at radius 3 is 2.56 bits per heavy atom. The Morgan fingerprint density at radius 1 is 1.30 bits per heavy atom. The number of halogens is 1. The number of aromatic nitrogens is 2. The molecule has 0 bridgehead atoms. The fourth-order valence-electron chi connectivity index (χ4n) is 3.12. The number of rotatable bonds is 3. The number of carboxylic acid groups (broad SMARTS) is 1. The fourth-order valence-corrected chi connectivity index (χ4v) is 3.38. The monoisotopic (exact) mass is 435 g/mol. The second kappa shape index (κ2) is 7.34. The lowest BCUT2D eigenvalue weighted by atomic mass is 10.1. The molecule has 1 aliphatic rings. The number of carboxylic acids is 1. The second-order valence-corrected chi connectivity index (χ2v) is 8.41. The van der Waals surface area contributed by atoms with Crippen molar-refractivity contribution in [2.45, 2.75) is 45.3 Å². The molecule has 1 amide bonds. The van der Waals surface area contributed by atoms with Crippen LogP contribution < -0.4 is 0 Å². The molecule has 1 saturated heterocycles. The zero-order valence-corrected chi connectivity index (χ0v) is 17.0. The highest BCUT2D eigenvalue weighted by molar-refractivity contribution is 9.10. The Balaban J connectivity index is 1.94. The number of ether oxygens (including phenoxy) is 1. The highest BCUT2D eigenvalue weighted by atomic mass is 79.9. The van der Waals surface area contributed by atoms with Crippen molar-refractivity contribution in [1.82, 2.24) is 14.9 Å². The number of hydrogen-bond donors (Lipinski definition) is 2. The fraction of sp³-hybridized carbons (Fsp3) is 0.421. The van der Waals surface area contributed by atoms with Gasteiger partial charge in [0, 0.05) is 16.6 Å². The van der Waals surface area contributed by atoms with Crippen LogP contribution in [0.15, 0.2) is 28.7 Å². The number of aromatic amines is 1. The number of carbonyl (C=O) groups is 2. The molecule has 144 valence electrons. The Bertz CT molecular complexity index is 855. The molecular weight excluding hydrogens is 414 g/mol. The van der Waals surface area contributed by atoms with Gasteiger partial charge in [0.1, 0.15) is 11.4 Å². The van der Waals surface area contributed by atoms with Gasteiger partial charge in [0.2, 0.25) is 0 Å². The van der Waals surface area contributed by atoms with Gasteiger partial charge in [0.05, 0.1) is 11.7 Å². The van der Waals surface area contributed by atoms with Gasteiger partial charge in [-0.1, -0.05) is 28.1 Å². The van der Waals surface area contributed by atoms with Crippen LogP contribution >= 0.6 is 15.9 Å². The minimum absolute atomic E-state index is 0.0524. The molecule has 0 spiro atoms. The molecule has 1 atom stereocenters.